The Morgan fingerprint density at radius 1 is 1.40 bits per heavy atom. The molecular weight excluding hydrogens is 320 g/mol. The number of hydrazine groups is 1. The molecule has 0 aliphatic carbocycles. The van der Waals surface area contributed by atoms with Gasteiger partial charge in [0.25, 0.3) is 0 Å². The van der Waals surface area contributed by atoms with Crippen LogP contribution in [0.15, 0.2) is 16.6 Å². The van der Waals surface area contributed by atoms with Crippen molar-refractivity contribution in [1.82, 2.24) is 5.43 Å². The summed E-state index contributed by atoms with van der Waals surface area (Å²) in [5, 5.41) is 0. The van der Waals surface area contributed by atoms with Gasteiger partial charge in [-0.05, 0) is 48.9 Å². The summed E-state index contributed by atoms with van der Waals surface area (Å²) in [6.45, 7) is 1.67. The van der Waals surface area contributed by atoms with Crippen molar-refractivity contribution >= 4 is 15.9 Å². The first-order chi connectivity index (χ1) is 9.76. The molecule has 2 heterocycles. The molecule has 0 saturated carbocycles. The van der Waals surface area contributed by atoms with Crippen molar-refractivity contribution in [3.8, 4) is 5.75 Å². The molecule has 110 valence electrons. The fourth-order valence-electron chi connectivity index (χ4n) is 3.12. The van der Waals surface area contributed by atoms with Gasteiger partial charge in [-0.1, -0.05) is 15.9 Å². The number of nitrogens with one attached hydrogen (secondary N) is 1. The Morgan fingerprint density at radius 2 is 2.30 bits per heavy atom. The fourth-order valence-corrected chi connectivity index (χ4v) is 3.67. The summed E-state index contributed by atoms with van der Waals surface area (Å²) in [6, 6.07) is 4.52. The normalized spacial score (nSPS) is 22.6. The summed E-state index contributed by atoms with van der Waals surface area (Å²) in [5.74, 6) is 6.78. The molecule has 2 aliphatic heterocycles. The van der Waals surface area contributed by atoms with Gasteiger partial charge in [0.05, 0.1) is 12.7 Å². The van der Waals surface area contributed by atoms with Crippen LogP contribution in [0.4, 0.5) is 0 Å². The predicted octanol–water partition coefficient (Wildman–Crippen LogP) is 2.33. The first kappa shape index (κ1) is 14.3. The number of ether oxygens (including phenoxy) is 2. The Labute approximate surface area is 128 Å². The lowest BCUT2D eigenvalue weighted by atomic mass is 9.97. The van der Waals surface area contributed by atoms with E-state index in [4.69, 9.17) is 15.3 Å². The number of hydrogen-bond donors (Lipinski definition) is 2. The lowest BCUT2D eigenvalue weighted by Gasteiger charge is -2.20. The number of nitrogens with two attached hydrogens (primary N) is 1. The topological polar surface area (TPSA) is 56.5 Å². The van der Waals surface area contributed by atoms with Crippen LogP contribution in [-0.2, 0) is 17.6 Å². The average molecular weight is 341 g/mol. The summed E-state index contributed by atoms with van der Waals surface area (Å²) < 4.78 is 12.6. The van der Waals surface area contributed by atoms with Crippen LogP contribution in [0.5, 0.6) is 5.75 Å². The molecular formula is C15H21BrN2O2. The molecule has 2 unspecified atom stereocenters. The van der Waals surface area contributed by atoms with Gasteiger partial charge in [-0.3, -0.25) is 11.3 Å². The van der Waals surface area contributed by atoms with Gasteiger partial charge in [-0.25, -0.2) is 0 Å². The monoisotopic (exact) mass is 340 g/mol. The van der Waals surface area contributed by atoms with Crippen LogP contribution in [0, 0.1) is 0 Å². The van der Waals surface area contributed by atoms with Crippen LogP contribution < -0.4 is 16.0 Å². The van der Waals surface area contributed by atoms with Crippen LogP contribution in [0.1, 0.15) is 30.4 Å². The van der Waals surface area contributed by atoms with Gasteiger partial charge in [0.2, 0.25) is 0 Å². The molecule has 2 aliphatic rings. The van der Waals surface area contributed by atoms with E-state index >= 15 is 0 Å². The molecule has 0 spiro atoms. The summed E-state index contributed by atoms with van der Waals surface area (Å²) in [5.41, 5.74) is 5.46. The molecule has 20 heavy (non-hydrogen) atoms. The zero-order valence-corrected chi connectivity index (χ0v) is 13.1. The van der Waals surface area contributed by atoms with E-state index in [1.807, 2.05) is 0 Å². The zero-order chi connectivity index (χ0) is 13.9. The average Bonchev–Trinajstić information content (AvgIpc) is 3.08. The van der Waals surface area contributed by atoms with E-state index in [1.54, 1.807) is 0 Å². The van der Waals surface area contributed by atoms with E-state index in [9.17, 15) is 0 Å². The summed E-state index contributed by atoms with van der Waals surface area (Å²) in [4.78, 5) is 0. The largest absolute Gasteiger partial charge is 0.493 e. The Bertz CT molecular complexity index is 475. The maximum Gasteiger partial charge on any atom is 0.125 e. The SMILES string of the molecule is NNC(Cc1cc(Br)cc2c1OCC2)CC1CCCO1. The van der Waals surface area contributed by atoms with Crippen molar-refractivity contribution in [3.63, 3.8) is 0 Å². The molecule has 1 aromatic rings. The van der Waals surface area contributed by atoms with Gasteiger partial charge in [-0.2, -0.15) is 0 Å². The Balaban J connectivity index is 1.72. The van der Waals surface area contributed by atoms with E-state index in [0.717, 1.165) is 55.5 Å². The minimum absolute atomic E-state index is 0.223. The third-order valence-electron chi connectivity index (χ3n) is 4.10. The summed E-state index contributed by atoms with van der Waals surface area (Å²) >= 11 is 3.58. The number of hydrogen-bond acceptors (Lipinski definition) is 4. The Kier molecular flexibility index (Phi) is 4.61. The standard InChI is InChI=1S/C15H21BrN2O2/c16-12-6-10-3-5-20-15(10)11(7-12)8-13(18-17)9-14-2-1-4-19-14/h6-7,13-14,18H,1-5,8-9,17H2. The summed E-state index contributed by atoms with van der Waals surface area (Å²) in [7, 11) is 0. The first-order valence-electron chi connectivity index (χ1n) is 7.28. The molecule has 0 aromatic heterocycles. The smallest absolute Gasteiger partial charge is 0.125 e. The minimum Gasteiger partial charge on any atom is -0.493 e. The van der Waals surface area contributed by atoms with Crippen molar-refractivity contribution in [2.24, 2.45) is 5.84 Å². The predicted molar refractivity (Wildman–Crippen MR) is 81.7 cm³/mol. The van der Waals surface area contributed by atoms with Crippen LogP contribution >= 0.6 is 15.9 Å². The Morgan fingerprint density at radius 3 is 3.05 bits per heavy atom. The van der Waals surface area contributed by atoms with E-state index < -0.39 is 0 Å². The highest BCUT2D eigenvalue weighted by Gasteiger charge is 2.23. The van der Waals surface area contributed by atoms with Crippen LogP contribution in [0.25, 0.3) is 0 Å². The molecule has 0 radical (unpaired) electrons. The maximum absolute atomic E-state index is 5.78. The molecule has 2 atom stereocenters. The lowest BCUT2D eigenvalue weighted by molar-refractivity contribution is 0.0945. The highest BCUT2D eigenvalue weighted by atomic mass is 79.9. The highest BCUT2D eigenvalue weighted by molar-refractivity contribution is 9.10. The molecule has 1 aromatic carbocycles. The molecule has 3 N–H and O–H groups in total. The second-order valence-corrected chi connectivity index (χ2v) is 6.51. The van der Waals surface area contributed by atoms with Crippen molar-refractivity contribution in [1.29, 1.82) is 0 Å². The van der Waals surface area contributed by atoms with E-state index in [0.29, 0.717) is 6.10 Å². The van der Waals surface area contributed by atoms with Gasteiger partial charge in [0.1, 0.15) is 5.75 Å². The maximum atomic E-state index is 5.78. The number of halogens is 1. The zero-order valence-electron chi connectivity index (χ0n) is 11.5. The van der Waals surface area contributed by atoms with E-state index in [-0.39, 0.29) is 6.04 Å². The van der Waals surface area contributed by atoms with Gasteiger partial charge in [0.15, 0.2) is 0 Å². The number of benzene rings is 1. The molecule has 0 amide bonds. The van der Waals surface area contributed by atoms with Crippen LogP contribution in [0.2, 0.25) is 0 Å². The summed E-state index contributed by atoms with van der Waals surface area (Å²) in [6.07, 6.45) is 5.48. The van der Waals surface area contributed by atoms with Gasteiger partial charge in [0, 0.05) is 23.5 Å². The minimum atomic E-state index is 0.223. The van der Waals surface area contributed by atoms with E-state index in [1.165, 1.54) is 11.1 Å². The van der Waals surface area contributed by atoms with Crippen molar-refractivity contribution < 1.29 is 9.47 Å². The fraction of sp³-hybridized carbons (Fsp3) is 0.600. The molecule has 0 bridgehead atoms. The Hall–Kier alpha value is -0.620. The van der Waals surface area contributed by atoms with Crippen LogP contribution in [-0.4, -0.2) is 25.4 Å². The molecule has 1 fully saturated rings. The number of rotatable bonds is 5. The quantitative estimate of drug-likeness (QED) is 0.638. The van der Waals surface area contributed by atoms with Crippen molar-refractivity contribution in [2.75, 3.05) is 13.2 Å². The third kappa shape index (κ3) is 3.17. The molecule has 3 rings (SSSR count). The van der Waals surface area contributed by atoms with Gasteiger partial charge >= 0.3 is 0 Å². The lowest BCUT2D eigenvalue weighted by Crippen LogP contribution is -2.39. The van der Waals surface area contributed by atoms with E-state index in [2.05, 4.69) is 33.5 Å². The second kappa shape index (κ2) is 6.43. The first-order valence-corrected chi connectivity index (χ1v) is 8.07. The second-order valence-electron chi connectivity index (χ2n) is 5.59. The molecule has 1 saturated heterocycles. The number of fused-ring (bicyclic) bond motifs is 1. The van der Waals surface area contributed by atoms with Crippen molar-refractivity contribution in [2.45, 2.75) is 44.2 Å². The van der Waals surface area contributed by atoms with Gasteiger partial charge < -0.3 is 9.47 Å². The van der Waals surface area contributed by atoms with Crippen molar-refractivity contribution in [3.05, 3.63) is 27.7 Å². The van der Waals surface area contributed by atoms with Gasteiger partial charge in [-0.15, -0.1) is 0 Å². The van der Waals surface area contributed by atoms with Crippen LogP contribution in [0.3, 0.4) is 0 Å². The third-order valence-corrected chi connectivity index (χ3v) is 4.56. The molecule has 5 heteroatoms. The highest BCUT2D eigenvalue weighted by Crippen LogP contribution is 2.34. The molecule has 4 nitrogen and oxygen atoms in total.